The molecule has 0 saturated carbocycles. The SMILES string of the molecule is CC(NC(=O)OC(C)(C)C)C(=O)N(C)C(c1ccccc1)c1ccccn1. The lowest BCUT2D eigenvalue weighted by Gasteiger charge is -2.31. The fraction of sp³-hybridized carbons (Fsp3) is 0.381. The predicted molar refractivity (Wildman–Crippen MR) is 104 cm³/mol. The molecule has 1 aromatic carbocycles. The monoisotopic (exact) mass is 369 g/mol. The van der Waals surface area contributed by atoms with Gasteiger partial charge in [-0.05, 0) is 45.4 Å². The lowest BCUT2D eigenvalue weighted by molar-refractivity contribution is -0.133. The molecule has 0 fully saturated rings. The van der Waals surface area contributed by atoms with Gasteiger partial charge in [0.05, 0.1) is 11.7 Å². The third kappa shape index (κ3) is 5.81. The van der Waals surface area contributed by atoms with Crippen LogP contribution in [0.5, 0.6) is 0 Å². The standard InChI is InChI=1S/C21H27N3O3/c1-15(23-20(26)27-21(2,3)4)19(25)24(5)18(16-11-7-6-8-12-16)17-13-9-10-14-22-17/h6-15,18H,1-5H3,(H,23,26). The highest BCUT2D eigenvalue weighted by Crippen LogP contribution is 2.26. The van der Waals surface area contributed by atoms with Crippen molar-refractivity contribution in [3.8, 4) is 0 Å². The zero-order chi connectivity index (χ0) is 20.0. The molecule has 1 aromatic heterocycles. The number of alkyl carbamates (subject to hydrolysis) is 1. The van der Waals surface area contributed by atoms with Crippen LogP contribution in [0.3, 0.4) is 0 Å². The maximum absolute atomic E-state index is 13.0. The summed E-state index contributed by atoms with van der Waals surface area (Å²) in [5, 5.41) is 2.60. The van der Waals surface area contributed by atoms with Gasteiger partial charge >= 0.3 is 6.09 Å². The van der Waals surface area contributed by atoms with Gasteiger partial charge in [-0.1, -0.05) is 36.4 Å². The minimum atomic E-state index is -0.736. The molecule has 2 unspecified atom stereocenters. The Kier molecular flexibility index (Phi) is 6.55. The molecular formula is C21H27N3O3. The summed E-state index contributed by atoms with van der Waals surface area (Å²) in [6.45, 7) is 6.97. The molecule has 0 radical (unpaired) electrons. The van der Waals surface area contributed by atoms with E-state index in [0.29, 0.717) is 0 Å². The van der Waals surface area contributed by atoms with Crippen LogP contribution in [0.1, 0.15) is 45.0 Å². The van der Waals surface area contributed by atoms with Crippen molar-refractivity contribution in [1.82, 2.24) is 15.2 Å². The Morgan fingerprint density at radius 3 is 2.26 bits per heavy atom. The summed E-state index contributed by atoms with van der Waals surface area (Å²) in [6.07, 6.45) is 1.08. The molecule has 0 spiro atoms. The minimum Gasteiger partial charge on any atom is -0.444 e. The molecule has 2 amide bonds. The Balaban J connectivity index is 2.21. The summed E-state index contributed by atoms with van der Waals surface area (Å²) >= 11 is 0. The number of likely N-dealkylation sites (N-methyl/N-ethyl adjacent to an activating group) is 1. The van der Waals surface area contributed by atoms with Gasteiger partial charge < -0.3 is 15.0 Å². The Morgan fingerprint density at radius 1 is 1.07 bits per heavy atom. The van der Waals surface area contributed by atoms with Crippen LogP contribution >= 0.6 is 0 Å². The molecule has 6 heteroatoms. The summed E-state index contributed by atoms with van der Waals surface area (Å²) < 4.78 is 5.23. The van der Waals surface area contributed by atoms with Gasteiger partial charge in [-0.3, -0.25) is 9.78 Å². The maximum atomic E-state index is 13.0. The van der Waals surface area contributed by atoms with Gasteiger partial charge in [0.2, 0.25) is 5.91 Å². The molecule has 0 bridgehead atoms. The van der Waals surface area contributed by atoms with Gasteiger partial charge in [0.25, 0.3) is 0 Å². The smallest absolute Gasteiger partial charge is 0.408 e. The highest BCUT2D eigenvalue weighted by atomic mass is 16.6. The third-order valence-electron chi connectivity index (χ3n) is 3.92. The van der Waals surface area contributed by atoms with E-state index in [1.807, 2.05) is 48.5 Å². The molecule has 2 aromatic rings. The van der Waals surface area contributed by atoms with E-state index in [2.05, 4.69) is 10.3 Å². The van der Waals surface area contributed by atoms with E-state index >= 15 is 0 Å². The van der Waals surface area contributed by atoms with Crippen LogP contribution in [0.4, 0.5) is 4.79 Å². The van der Waals surface area contributed by atoms with Gasteiger partial charge in [-0.25, -0.2) is 4.79 Å². The van der Waals surface area contributed by atoms with Crippen LogP contribution in [0.15, 0.2) is 54.7 Å². The number of hydrogen-bond donors (Lipinski definition) is 1. The van der Waals surface area contributed by atoms with Crippen LogP contribution in [0, 0.1) is 0 Å². The molecule has 0 aliphatic carbocycles. The van der Waals surface area contributed by atoms with Crippen LogP contribution < -0.4 is 5.32 Å². The van der Waals surface area contributed by atoms with E-state index in [1.54, 1.807) is 45.8 Å². The zero-order valence-electron chi connectivity index (χ0n) is 16.5. The van der Waals surface area contributed by atoms with Crippen molar-refractivity contribution in [2.75, 3.05) is 7.05 Å². The van der Waals surface area contributed by atoms with Crippen molar-refractivity contribution in [1.29, 1.82) is 0 Å². The summed E-state index contributed by atoms with van der Waals surface area (Å²) in [7, 11) is 1.71. The van der Waals surface area contributed by atoms with Crippen molar-refractivity contribution in [3.05, 3.63) is 66.0 Å². The lowest BCUT2D eigenvalue weighted by Crippen LogP contribution is -2.48. The number of ether oxygens (including phenoxy) is 1. The second-order valence-electron chi connectivity index (χ2n) is 7.38. The van der Waals surface area contributed by atoms with Gasteiger partial charge in [0.15, 0.2) is 0 Å². The zero-order valence-corrected chi connectivity index (χ0v) is 16.5. The third-order valence-corrected chi connectivity index (χ3v) is 3.92. The van der Waals surface area contributed by atoms with Crippen molar-refractivity contribution in [3.63, 3.8) is 0 Å². The Morgan fingerprint density at radius 2 is 1.70 bits per heavy atom. The number of rotatable bonds is 5. The molecule has 0 aliphatic rings. The van der Waals surface area contributed by atoms with Gasteiger partial charge in [0.1, 0.15) is 11.6 Å². The van der Waals surface area contributed by atoms with Crippen LogP contribution in [-0.4, -0.2) is 40.6 Å². The second-order valence-corrected chi connectivity index (χ2v) is 7.38. The number of amides is 2. The van der Waals surface area contributed by atoms with Gasteiger partial charge in [-0.15, -0.1) is 0 Å². The van der Waals surface area contributed by atoms with Crippen molar-refractivity contribution in [2.24, 2.45) is 0 Å². The van der Waals surface area contributed by atoms with Gasteiger partial charge in [0, 0.05) is 13.2 Å². The van der Waals surface area contributed by atoms with E-state index < -0.39 is 17.7 Å². The topological polar surface area (TPSA) is 71.5 Å². The average molecular weight is 369 g/mol. The number of carbonyl (C=O) groups is 2. The van der Waals surface area contributed by atoms with E-state index in [1.165, 1.54) is 0 Å². The summed E-state index contributed by atoms with van der Waals surface area (Å²) in [5.74, 6) is -0.236. The fourth-order valence-electron chi connectivity index (χ4n) is 2.74. The predicted octanol–water partition coefficient (Wildman–Crippen LogP) is 3.54. The van der Waals surface area contributed by atoms with Crippen molar-refractivity contribution in [2.45, 2.75) is 45.4 Å². The molecule has 1 N–H and O–H groups in total. The average Bonchev–Trinajstić information content (AvgIpc) is 2.61. The van der Waals surface area contributed by atoms with Crippen LogP contribution in [0.25, 0.3) is 0 Å². The van der Waals surface area contributed by atoms with E-state index in [0.717, 1.165) is 11.3 Å². The van der Waals surface area contributed by atoms with Crippen LogP contribution in [0.2, 0.25) is 0 Å². The largest absolute Gasteiger partial charge is 0.444 e. The molecular weight excluding hydrogens is 342 g/mol. The Hall–Kier alpha value is -2.89. The van der Waals surface area contributed by atoms with Crippen LogP contribution in [-0.2, 0) is 9.53 Å². The van der Waals surface area contributed by atoms with Crippen molar-refractivity contribution >= 4 is 12.0 Å². The number of aromatic nitrogens is 1. The van der Waals surface area contributed by atoms with E-state index in [9.17, 15) is 9.59 Å². The Labute approximate surface area is 160 Å². The number of nitrogens with zero attached hydrogens (tertiary/aromatic N) is 2. The van der Waals surface area contributed by atoms with Crippen molar-refractivity contribution < 1.29 is 14.3 Å². The van der Waals surface area contributed by atoms with E-state index in [-0.39, 0.29) is 11.9 Å². The number of carbonyl (C=O) groups excluding carboxylic acids is 2. The quantitative estimate of drug-likeness (QED) is 0.875. The Bertz CT molecular complexity index is 718. The lowest BCUT2D eigenvalue weighted by atomic mass is 10.0. The first-order valence-corrected chi connectivity index (χ1v) is 8.91. The maximum Gasteiger partial charge on any atom is 0.408 e. The highest BCUT2D eigenvalue weighted by Gasteiger charge is 2.29. The molecule has 6 nitrogen and oxygen atoms in total. The summed E-state index contributed by atoms with van der Waals surface area (Å²) in [4.78, 5) is 31.0. The summed E-state index contributed by atoms with van der Waals surface area (Å²) in [5.41, 5.74) is 1.07. The molecule has 2 rings (SSSR count). The minimum absolute atomic E-state index is 0.236. The highest BCUT2D eigenvalue weighted by molar-refractivity contribution is 5.85. The molecule has 2 atom stereocenters. The van der Waals surface area contributed by atoms with E-state index in [4.69, 9.17) is 4.74 Å². The molecule has 0 aliphatic heterocycles. The second kappa shape index (κ2) is 8.66. The first-order valence-electron chi connectivity index (χ1n) is 8.91. The number of hydrogen-bond acceptors (Lipinski definition) is 4. The number of nitrogens with one attached hydrogen (secondary N) is 1. The fourth-order valence-corrected chi connectivity index (χ4v) is 2.74. The normalized spacial score (nSPS) is 13.4. The molecule has 0 saturated heterocycles. The number of pyridine rings is 1. The van der Waals surface area contributed by atoms with Gasteiger partial charge in [-0.2, -0.15) is 0 Å². The first-order chi connectivity index (χ1) is 12.7. The molecule has 27 heavy (non-hydrogen) atoms. The molecule has 144 valence electrons. The first kappa shape index (κ1) is 20.4. The number of benzene rings is 1. The molecule has 1 heterocycles. The summed E-state index contributed by atoms with van der Waals surface area (Å²) in [6, 6.07) is 14.2.